The van der Waals surface area contributed by atoms with Gasteiger partial charge in [0.1, 0.15) is 12.2 Å². The first-order chi connectivity index (χ1) is 19.1. The van der Waals surface area contributed by atoms with Crippen LogP contribution in [0.1, 0.15) is 76.6 Å². The molecule has 1 N–H and O–H groups in total. The van der Waals surface area contributed by atoms with Crippen molar-refractivity contribution < 1.29 is 33.6 Å². The van der Waals surface area contributed by atoms with Crippen LogP contribution in [0, 0.1) is 40.4 Å². The van der Waals surface area contributed by atoms with Crippen LogP contribution in [0.2, 0.25) is 0 Å². The van der Waals surface area contributed by atoms with Crippen molar-refractivity contribution in [2.75, 3.05) is 13.2 Å². The van der Waals surface area contributed by atoms with Gasteiger partial charge in [-0.3, -0.25) is 4.79 Å². The smallest absolute Gasteiger partial charge is 0.338 e. The van der Waals surface area contributed by atoms with Gasteiger partial charge in [0.25, 0.3) is 0 Å². The largest absolute Gasteiger partial charge is 0.462 e. The molecule has 7 nitrogen and oxygen atoms in total. The molecule has 6 rings (SSSR count). The number of aliphatic hydroxyl groups is 1. The number of fused-ring (bicyclic) bond motifs is 5. The summed E-state index contributed by atoms with van der Waals surface area (Å²) in [5.74, 6) is 0.918. The molecule has 1 saturated heterocycles. The van der Waals surface area contributed by atoms with Crippen LogP contribution in [0.3, 0.4) is 0 Å². The summed E-state index contributed by atoms with van der Waals surface area (Å²) in [6.07, 6.45) is 7.90. The normalized spacial score (nSPS) is 43.3. The van der Waals surface area contributed by atoms with Gasteiger partial charge in [-0.1, -0.05) is 51.1 Å². The maximum Gasteiger partial charge on any atom is 0.338 e. The van der Waals surface area contributed by atoms with E-state index in [2.05, 4.69) is 26.8 Å². The molecule has 0 spiro atoms. The molecule has 1 aromatic rings. The van der Waals surface area contributed by atoms with Crippen molar-refractivity contribution in [2.45, 2.75) is 90.3 Å². The van der Waals surface area contributed by atoms with Crippen LogP contribution in [-0.2, 0) is 23.7 Å². The van der Waals surface area contributed by atoms with E-state index in [1.54, 1.807) is 12.1 Å². The van der Waals surface area contributed by atoms with Gasteiger partial charge < -0.3 is 24.1 Å². The van der Waals surface area contributed by atoms with E-state index in [0.29, 0.717) is 49.4 Å². The van der Waals surface area contributed by atoms with Crippen molar-refractivity contribution >= 4 is 11.9 Å². The molecule has 0 aromatic heterocycles. The Morgan fingerprint density at radius 1 is 1.02 bits per heavy atom. The van der Waals surface area contributed by atoms with Crippen molar-refractivity contribution in [3.8, 4) is 0 Å². The van der Waals surface area contributed by atoms with Gasteiger partial charge in [0.05, 0.1) is 24.4 Å². The van der Waals surface area contributed by atoms with E-state index < -0.39 is 35.2 Å². The van der Waals surface area contributed by atoms with Crippen LogP contribution in [0.25, 0.3) is 0 Å². The van der Waals surface area contributed by atoms with Gasteiger partial charge in [-0.05, 0) is 66.9 Å². The topological polar surface area (TPSA) is 91.3 Å². The number of esters is 2. The summed E-state index contributed by atoms with van der Waals surface area (Å²) in [4.78, 5) is 25.3. The van der Waals surface area contributed by atoms with Crippen molar-refractivity contribution in [2.24, 2.45) is 40.4 Å². The monoisotopic (exact) mass is 552 g/mol. The molecule has 218 valence electrons. The third-order valence-corrected chi connectivity index (χ3v) is 11.7. The lowest BCUT2D eigenvalue weighted by molar-refractivity contribution is -0.223. The summed E-state index contributed by atoms with van der Waals surface area (Å²) in [6, 6.07) is 8.99. The number of benzene rings is 1. The fourth-order valence-corrected chi connectivity index (χ4v) is 9.69. The van der Waals surface area contributed by atoms with E-state index >= 15 is 0 Å². The molecule has 1 aromatic carbocycles. The molecular weight excluding hydrogens is 508 g/mol. The average molecular weight is 553 g/mol. The number of carbonyl (C=O) groups excluding carboxylic acids is 2. The number of carbonyl (C=O) groups is 2. The van der Waals surface area contributed by atoms with Crippen LogP contribution in [0.15, 0.2) is 42.5 Å². The molecule has 3 saturated carbocycles. The first-order valence-corrected chi connectivity index (χ1v) is 15.1. The number of ether oxygens (including phenoxy) is 4. The van der Waals surface area contributed by atoms with Gasteiger partial charge >= 0.3 is 11.9 Å². The summed E-state index contributed by atoms with van der Waals surface area (Å²) in [7, 11) is 0. The van der Waals surface area contributed by atoms with Crippen LogP contribution in [0.5, 0.6) is 0 Å². The van der Waals surface area contributed by atoms with Gasteiger partial charge in [-0.2, -0.15) is 0 Å². The van der Waals surface area contributed by atoms with Crippen molar-refractivity contribution in [3.05, 3.63) is 48.0 Å². The average Bonchev–Trinajstić information content (AvgIpc) is 3.58. The fourth-order valence-electron chi connectivity index (χ4n) is 9.69. The Morgan fingerprint density at radius 3 is 2.45 bits per heavy atom. The molecule has 4 fully saturated rings. The maximum absolute atomic E-state index is 13.3. The molecule has 1 heterocycles. The molecular formula is C33H44O7. The Kier molecular flexibility index (Phi) is 7.16. The number of hydrogen-bond donors (Lipinski definition) is 1. The molecule has 1 unspecified atom stereocenters. The molecule has 7 heteroatoms. The number of hydrogen-bond acceptors (Lipinski definition) is 7. The quantitative estimate of drug-likeness (QED) is 0.391. The van der Waals surface area contributed by atoms with Crippen LogP contribution in [0.4, 0.5) is 0 Å². The highest BCUT2D eigenvalue weighted by molar-refractivity contribution is 5.89. The van der Waals surface area contributed by atoms with Crippen molar-refractivity contribution in [3.63, 3.8) is 0 Å². The maximum atomic E-state index is 13.3. The molecule has 5 aliphatic rings. The Labute approximate surface area is 237 Å². The standard InChI is InChI=1S/C33H44O7/c1-20(30-37-16-17-38-30)25-10-11-26-24-12-15-33(36)19-23(39-21(2)34)18-28(40-29(35)22-8-6-5-7-9-22)32(33,4)27(24)13-14-31(25,26)3/h5-9,12,15,20,23-28,30,36H,10-11,13-14,16-19H2,1-4H3/t20?,23-,24-,25+,26-,27-,28-,31+,32-,33+/m0/s1. The van der Waals surface area contributed by atoms with E-state index in [-0.39, 0.29) is 23.5 Å². The predicted molar refractivity (Wildman–Crippen MR) is 148 cm³/mol. The first kappa shape index (κ1) is 27.9. The van der Waals surface area contributed by atoms with E-state index in [1.807, 2.05) is 24.3 Å². The molecule has 0 radical (unpaired) electrons. The summed E-state index contributed by atoms with van der Waals surface area (Å²) >= 11 is 0. The van der Waals surface area contributed by atoms with E-state index in [0.717, 1.165) is 25.7 Å². The van der Waals surface area contributed by atoms with Crippen molar-refractivity contribution in [1.82, 2.24) is 0 Å². The van der Waals surface area contributed by atoms with Gasteiger partial charge in [-0.25, -0.2) is 4.79 Å². The predicted octanol–water partition coefficient (Wildman–Crippen LogP) is 5.31. The summed E-state index contributed by atoms with van der Waals surface area (Å²) in [5, 5.41) is 12.3. The molecule has 1 aliphatic heterocycles. The van der Waals surface area contributed by atoms with Crippen molar-refractivity contribution in [1.29, 1.82) is 0 Å². The van der Waals surface area contributed by atoms with Gasteiger partial charge in [0, 0.05) is 31.1 Å². The summed E-state index contributed by atoms with van der Waals surface area (Å²) in [6.45, 7) is 9.58. The highest BCUT2D eigenvalue weighted by Crippen LogP contribution is 2.68. The second-order valence-corrected chi connectivity index (χ2v) is 13.5. The molecule has 0 amide bonds. The Morgan fingerprint density at radius 2 is 1.75 bits per heavy atom. The zero-order valence-corrected chi connectivity index (χ0v) is 24.2. The third-order valence-electron chi connectivity index (χ3n) is 11.7. The molecule has 40 heavy (non-hydrogen) atoms. The van der Waals surface area contributed by atoms with E-state index in [4.69, 9.17) is 18.9 Å². The molecule has 4 aliphatic carbocycles. The minimum absolute atomic E-state index is 0.124. The second kappa shape index (κ2) is 10.2. The lowest BCUT2D eigenvalue weighted by atomic mass is 9.44. The Bertz CT molecular complexity index is 1140. The number of allylic oxidation sites excluding steroid dienone is 1. The lowest BCUT2D eigenvalue weighted by Gasteiger charge is -2.63. The van der Waals surface area contributed by atoms with Gasteiger partial charge in [0.15, 0.2) is 6.29 Å². The zero-order valence-electron chi connectivity index (χ0n) is 24.2. The molecule has 10 atom stereocenters. The summed E-state index contributed by atoms with van der Waals surface area (Å²) < 4.78 is 23.8. The Balaban J connectivity index is 1.32. The van der Waals surface area contributed by atoms with E-state index in [9.17, 15) is 14.7 Å². The first-order valence-electron chi connectivity index (χ1n) is 15.1. The second-order valence-electron chi connectivity index (χ2n) is 13.5. The van der Waals surface area contributed by atoms with Gasteiger partial charge in [0.2, 0.25) is 0 Å². The van der Waals surface area contributed by atoms with Gasteiger partial charge in [-0.15, -0.1) is 0 Å². The molecule has 0 bridgehead atoms. The minimum atomic E-state index is -1.25. The number of rotatable bonds is 5. The van der Waals surface area contributed by atoms with Crippen LogP contribution in [-0.4, -0.2) is 54.4 Å². The Hall–Kier alpha value is -2.22. The fraction of sp³-hybridized carbons (Fsp3) is 0.697. The highest BCUT2D eigenvalue weighted by atomic mass is 16.7. The third kappa shape index (κ3) is 4.35. The lowest BCUT2D eigenvalue weighted by Crippen LogP contribution is -2.67. The summed E-state index contributed by atoms with van der Waals surface area (Å²) in [5.41, 5.74) is -1.33. The minimum Gasteiger partial charge on any atom is -0.462 e. The highest BCUT2D eigenvalue weighted by Gasteiger charge is 2.67. The van der Waals surface area contributed by atoms with Crippen LogP contribution >= 0.6 is 0 Å². The SMILES string of the molecule is CC(=O)O[C@H]1C[C@H](OC(=O)c2ccccc2)[C@]2(C)[C@H]3CC[C@]4(C)[C@@H](C(C)C5OCCO5)CC[C@H]4[C@@H]3C=C[C@@]2(O)C1. The van der Waals surface area contributed by atoms with E-state index in [1.165, 1.54) is 6.92 Å². The zero-order chi connectivity index (χ0) is 28.3. The van der Waals surface area contributed by atoms with Crippen LogP contribution < -0.4 is 0 Å².